The van der Waals surface area contributed by atoms with E-state index in [9.17, 15) is 26.8 Å². The molecule has 1 heterocycles. The number of piperazine rings is 1. The molecular weight excluding hydrogens is 392 g/mol. The molecule has 10 heteroatoms. The largest absolute Gasteiger partial charge is 0.356 e. The van der Waals surface area contributed by atoms with Gasteiger partial charge in [0.25, 0.3) is 0 Å². The van der Waals surface area contributed by atoms with Crippen molar-refractivity contribution in [3.8, 4) is 0 Å². The van der Waals surface area contributed by atoms with Gasteiger partial charge in [0.15, 0.2) is 0 Å². The van der Waals surface area contributed by atoms with Gasteiger partial charge in [-0.2, -0.15) is 4.31 Å². The molecule has 0 bridgehead atoms. The predicted octanol–water partition coefficient (Wildman–Crippen LogP) is 1.49. The summed E-state index contributed by atoms with van der Waals surface area (Å²) in [6.07, 6.45) is 2.63. The van der Waals surface area contributed by atoms with Gasteiger partial charge in [-0.25, -0.2) is 17.2 Å². The van der Waals surface area contributed by atoms with Crippen LogP contribution in [0.5, 0.6) is 0 Å². The molecule has 0 unspecified atom stereocenters. The number of rotatable bonds is 8. The van der Waals surface area contributed by atoms with Crippen LogP contribution in [0, 0.1) is 11.6 Å². The zero-order valence-corrected chi connectivity index (χ0v) is 16.6. The van der Waals surface area contributed by atoms with E-state index < -0.39 is 26.6 Å². The number of nitrogens with zero attached hydrogens (tertiary/aromatic N) is 2. The van der Waals surface area contributed by atoms with Crippen LogP contribution in [0.1, 0.15) is 32.6 Å². The third kappa shape index (κ3) is 5.96. The first-order valence-corrected chi connectivity index (χ1v) is 10.6. The molecule has 0 spiro atoms. The number of hydrogen-bond donors (Lipinski definition) is 1. The summed E-state index contributed by atoms with van der Waals surface area (Å²) in [5, 5.41) is 2.69. The molecule has 1 aromatic rings. The summed E-state index contributed by atoms with van der Waals surface area (Å²) >= 11 is 0. The second kappa shape index (κ2) is 9.92. The van der Waals surface area contributed by atoms with Crippen LogP contribution in [0.4, 0.5) is 8.78 Å². The number of carbonyl (C=O) groups excluding carboxylic acids is 2. The maximum atomic E-state index is 13.8. The molecule has 1 saturated heterocycles. The Balaban J connectivity index is 1.81. The minimum absolute atomic E-state index is 0.0343. The van der Waals surface area contributed by atoms with Gasteiger partial charge in [0, 0.05) is 46.1 Å². The zero-order valence-electron chi connectivity index (χ0n) is 15.8. The predicted molar refractivity (Wildman–Crippen MR) is 98.8 cm³/mol. The topological polar surface area (TPSA) is 86.8 Å². The van der Waals surface area contributed by atoms with Gasteiger partial charge in [-0.15, -0.1) is 0 Å². The van der Waals surface area contributed by atoms with Crippen molar-refractivity contribution in [2.45, 2.75) is 37.5 Å². The molecule has 156 valence electrons. The SMILES string of the molecule is CC(=O)NCCCCCC(=O)N1CCN(S(=O)(=O)c2cc(F)ccc2F)CC1. The van der Waals surface area contributed by atoms with Crippen molar-refractivity contribution in [1.29, 1.82) is 0 Å². The molecule has 1 N–H and O–H groups in total. The van der Waals surface area contributed by atoms with Crippen molar-refractivity contribution >= 4 is 21.8 Å². The lowest BCUT2D eigenvalue weighted by Gasteiger charge is -2.34. The molecule has 1 aliphatic rings. The van der Waals surface area contributed by atoms with Crippen LogP contribution in [-0.2, 0) is 19.6 Å². The van der Waals surface area contributed by atoms with E-state index in [2.05, 4.69) is 5.32 Å². The monoisotopic (exact) mass is 417 g/mol. The smallest absolute Gasteiger partial charge is 0.246 e. The Labute approximate surface area is 163 Å². The Morgan fingerprint density at radius 1 is 1.07 bits per heavy atom. The summed E-state index contributed by atoms with van der Waals surface area (Å²) in [4.78, 5) is 23.9. The number of hydrogen-bond acceptors (Lipinski definition) is 4. The average molecular weight is 417 g/mol. The number of benzene rings is 1. The zero-order chi connectivity index (χ0) is 20.7. The summed E-state index contributed by atoms with van der Waals surface area (Å²) in [7, 11) is -4.15. The van der Waals surface area contributed by atoms with E-state index in [1.807, 2.05) is 0 Å². The number of unbranched alkanes of at least 4 members (excludes halogenated alkanes) is 2. The molecule has 0 radical (unpaired) electrons. The van der Waals surface area contributed by atoms with Gasteiger partial charge in [-0.3, -0.25) is 9.59 Å². The highest BCUT2D eigenvalue weighted by Gasteiger charge is 2.32. The molecule has 0 aliphatic carbocycles. The van der Waals surface area contributed by atoms with Gasteiger partial charge in [0.2, 0.25) is 21.8 Å². The van der Waals surface area contributed by atoms with Crippen molar-refractivity contribution in [3.63, 3.8) is 0 Å². The molecule has 0 atom stereocenters. The van der Waals surface area contributed by atoms with Gasteiger partial charge in [-0.1, -0.05) is 6.42 Å². The highest BCUT2D eigenvalue weighted by Crippen LogP contribution is 2.22. The number of nitrogens with one attached hydrogen (secondary N) is 1. The summed E-state index contributed by atoms with van der Waals surface area (Å²) in [6.45, 7) is 2.52. The average Bonchev–Trinajstić information content (AvgIpc) is 2.66. The van der Waals surface area contributed by atoms with E-state index in [0.717, 1.165) is 29.3 Å². The Morgan fingerprint density at radius 3 is 2.39 bits per heavy atom. The molecule has 0 saturated carbocycles. The highest BCUT2D eigenvalue weighted by molar-refractivity contribution is 7.89. The molecule has 2 rings (SSSR count). The Hall–Kier alpha value is -2.07. The second-order valence-electron chi connectivity index (χ2n) is 6.65. The fraction of sp³-hybridized carbons (Fsp3) is 0.556. The van der Waals surface area contributed by atoms with Crippen molar-refractivity contribution in [1.82, 2.24) is 14.5 Å². The van der Waals surface area contributed by atoms with Gasteiger partial charge in [-0.05, 0) is 31.0 Å². The molecule has 2 amide bonds. The van der Waals surface area contributed by atoms with E-state index in [1.165, 1.54) is 6.92 Å². The van der Waals surface area contributed by atoms with Crippen LogP contribution in [0.3, 0.4) is 0 Å². The lowest BCUT2D eigenvalue weighted by molar-refractivity contribution is -0.132. The summed E-state index contributed by atoms with van der Waals surface area (Å²) in [5.41, 5.74) is 0. The van der Waals surface area contributed by atoms with Crippen molar-refractivity contribution in [2.24, 2.45) is 0 Å². The molecule has 0 aromatic heterocycles. The van der Waals surface area contributed by atoms with E-state index in [0.29, 0.717) is 25.5 Å². The fourth-order valence-electron chi connectivity index (χ4n) is 2.99. The van der Waals surface area contributed by atoms with Crippen molar-refractivity contribution < 1.29 is 26.8 Å². The van der Waals surface area contributed by atoms with Crippen LogP contribution >= 0.6 is 0 Å². The third-order valence-corrected chi connectivity index (χ3v) is 6.46. The lowest BCUT2D eigenvalue weighted by Crippen LogP contribution is -2.50. The first-order valence-electron chi connectivity index (χ1n) is 9.19. The van der Waals surface area contributed by atoms with E-state index in [1.54, 1.807) is 4.90 Å². The van der Waals surface area contributed by atoms with Gasteiger partial charge >= 0.3 is 0 Å². The Kier molecular flexibility index (Phi) is 7.88. The van der Waals surface area contributed by atoms with E-state index in [-0.39, 0.29) is 38.0 Å². The van der Waals surface area contributed by atoms with Crippen LogP contribution < -0.4 is 5.32 Å². The first-order chi connectivity index (χ1) is 13.2. The van der Waals surface area contributed by atoms with Crippen LogP contribution in [0.15, 0.2) is 23.1 Å². The fourth-order valence-corrected chi connectivity index (χ4v) is 4.49. The standard InChI is InChI=1S/C18H25F2N3O4S/c1-14(24)21-8-4-2-3-5-18(25)22-9-11-23(12-10-22)28(26,27)17-13-15(19)6-7-16(17)20/h6-7,13H,2-5,8-12H2,1H3,(H,21,24). The molecule has 7 nitrogen and oxygen atoms in total. The third-order valence-electron chi connectivity index (χ3n) is 4.54. The second-order valence-corrected chi connectivity index (χ2v) is 8.56. The maximum Gasteiger partial charge on any atom is 0.246 e. The van der Waals surface area contributed by atoms with Gasteiger partial charge in [0.1, 0.15) is 16.5 Å². The van der Waals surface area contributed by atoms with Gasteiger partial charge < -0.3 is 10.2 Å². The summed E-state index contributed by atoms with van der Waals surface area (Å²) in [6, 6.07) is 2.32. The normalized spacial score (nSPS) is 15.5. The Morgan fingerprint density at radius 2 is 1.75 bits per heavy atom. The lowest BCUT2D eigenvalue weighted by atomic mass is 10.1. The van der Waals surface area contributed by atoms with Crippen LogP contribution in [0.25, 0.3) is 0 Å². The quantitative estimate of drug-likeness (QED) is 0.650. The van der Waals surface area contributed by atoms with Crippen molar-refractivity contribution in [2.75, 3.05) is 32.7 Å². The Bertz CT molecular complexity index is 809. The van der Waals surface area contributed by atoms with Crippen LogP contribution in [-0.4, -0.2) is 62.2 Å². The minimum atomic E-state index is -4.15. The number of sulfonamides is 1. The number of halogens is 2. The van der Waals surface area contributed by atoms with Gasteiger partial charge in [0.05, 0.1) is 0 Å². The minimum Gasteiger partial charge on any atom is -0.356 e. The number of amides is 2. The summed E-state index contributed by atoms with van der Waals surface area (Å²) < 4.78 is 53.3. The maximum absolute atomic E-state index is 13.8. The molecule has 28 heavy (non-hydrogen) atoms. The first kappa shape index (κ1) is 22.2. The molecule has 1 fully saturated rings. The van der Waals surface area contributed by atoms with E-state index in [4.69, 9.17) is 0 Å². The molecular formula is C18H25F2N3O4S. The van der Waals surface area contributed by atoms with E-state index >= 15 is 0 Å². The highest BCUT2D eigenvalue weighted by atomic mass is 32.2. The van der Waals surface area contributed by atoms with Crippen molar-refractivity contribution in [3.05, 3.63) is 29.8 Å². The van der Waals surface area contributed by atoms with Crippen LogP contribution in [0.2, 0.25) is 0 Å². The molecule has 1 aliphatic heterocycles. The number of carbonyl (C=O) groups is 2. The molecule has 1 aromatic carbocycles. The summed E-state index contributed by atoms with van der Waals surface area (Å²) in [5.74, 6) is -1.97.